The van der Waals surface area contributed by atoms with Gasteiger partial charge >= 0.3 is 6.18 Å². The Labute approximate surface area is 197 Å². The summed E-state index contributed by atoms with van der Waals surface area (Å²) < 4.78 is 60.1. The minimum absolute atomic E-state index is 0.0414. The van der Waals surface area contributed by atoms with Gasteiger partial charge in [-0.05, 0) is 35.9 Å². The van der Waals surface area contributed by atoms with Crippen molar-refractivity contribution in [3.8, 4) is 17.0 Å². The number of alkyl halides is 4. The lowest BCUT2D eigenvalue weighted by atomic mass is 10.1. The van der Waals surface area contributed by atoms with Gasteiger partial charge in [-0.25, -0.2) is 4.39 Å². The third-order valence-corrected chi connectivity index (χ3v) is 5.61. The summed E-state index contributed by atoms with van der Waals surface area (Å²) in [7, 11) is 1.33. The summed E-state index contributed by atoms with van der Waals surface area (Å²) in [5.41, 5.74) is 0.0370. The predicted octanol–water partition coefficient (Wildman–Crippen LogP) is 6.24. The summed E-state index contributed by atoms with van der Waals surface area (Å²) in [5.74, 6) is -1.10. The second-order valence-electron chi connectivity index (χ2n) is 7.44. The fourth-order valence-electron chi connectivity index (χ4n) is 3.50. The van der Waals surface area contributed by atoms with Gasteiger partial charge < -0.3 is 10.1 Å². The second kappa shape index (κ2) is 9.34. The number of nitrogens with one attached hydrogen (secondary N) is 1. The number of methoxy groups -OCH3 is 1. The zero-order valence-corrected chi connectivity index (χ0v) is 18.4. The van der Waals surface area contributed by atoms with Crippen molar-refractivity contribution < 1.29 is 27.1 Å². The smallest absolute Gasteiger partial charge is 0.435 e. The van der Waals surface area contributed by atoms with E-state index in [4.69, 9.17) is 16.3 Å². The molecular weight excluding hydrogens is 474 g/mol. The molecule has 4 rings (SSSR count). The Morgan fingerprint density at radius 3 is 2.41 bits per heavy atom. The molecule has 1 heterocycles. The lowest BCUT2D eigenvalue weighted by Crippen LogP contribution is -2.20. The van der Waals surface area contributed by atoms with Gasteiger partial charge in [-0.15, -0.1) is 11.6 Å². The molecule has 5 nitrogen and oxygen atoms in total. The number of nitrogens with zero attached hydrogens (tertiary/aromatic N) is 2. The predicted molar refractivity (Wildman–Crippen MR) is 121 cm³/mol. The molecule has 1 aliphatic carbocycles. The van der Waals surface area contributed by atoms with Crippen LogP contribution in [0, 0.1) is 5.82 Å². The van der Waals surface area contributed by atoms with Crippen LogP contribution in [-0.2, 0) is 6.18 Å². The molecule has 1 amide bonds. The number of allylic oxidation sites excluding steroid dienone is 4. The van der Waals surface area contributed by atoms with E-state index in [1.807, 2.05) is 0 Å². The van der Waals surface area contributed by atoms with Gasteiger partial charge in [0.25, 0.3) is 5.91 Å². The zero-order valence-electron chi connectivity index (χ0n) is 17.7. The fraction of sp³-hybridized carbons (Fsp3) is 0.167. The summed E-state index contributed by atoms with van der Waals surface area (Å²) in [6.45, 7) is 0. The number of anilines is 1. The largest absolute Gasteiger partial charge is 0.494 e. The average molecular weight is 492 g/mol. The molecule has 176 valence electrons. The number of hydrogen-bond donors (Lipinski definition) is 1. The van der Waals surface area contributed by atoms with Gasteiger partial charge in [0.15, 0.2) is 17.3 Å². The van der Waals surface area contributed by atoms with E-state index in [1.54, 1.807) is 24.3 Å². The third-order valence-electron chi connectivity index (χ3n) is 5.20. The van der Waals surface area contributed by atoms with Crippen molar-refractivity contribution in [2.24, 2.45) is 0 Å². The van der Waals surface area contributed by atoms with Crippen molar-refractivity contribution in [2.75, 3.05) is 12.4 Å². The monoisotopic (exact) mass is 491 g/mol. The first-order valence-corrected chi connectivity index (χ1v) is 10.5. The molecule has 2 aromatic carbocycles. The van der Waals surface area contributed by atoms with Crippen LogP contribution in [0.1, 0.15) is 22.1 Å². The van der Waals surface area contributed by atoms with E-state index in [0.29, 0.717) is 5.56 Å². The third kappa shape index (κ3) is 4.84. The number of benzene rings is 2. The van der Waals surface area contributed by atoms with Crippen LogP contribution in [0.3, 0.4) is 0 Å². The van der Waals surface area contributed by atoms with Crippen molar-refractivity contribution in [1.82, 2.24) is 9.78 Å². The van der Waals surface area contributed by atoms with Crippen LogP contribution in [0.2, 0.25) is 0 Å². The topological polar surface area (TPSA) is 56.1 Å². The van der Waals surface area contributed by atoms with Crippen molar-refractivity contribution in [3.63, 3.8) is 0 Å². The molecule has 0 radical (unpaired) electrons. The second-order valence-corrected chi connectivity index (χ2v) is 7.95. The van der Waals surface area contributed by atoms with Crippen LogP contribution in [0.15, 0.2) is 72.8 Å². The summed E-state index contributed by atoms with van der Waals surface area (Å²) in [5, 5.41) is 5.75. The number of halogens is 5. The number of carbonyl (C=O) groups excluding carboxylic acids is 1. The maximum Gasteiger partial charge on any atom is 0.435 e. The molecule has 0 fully saturated rings. The Kier molecular flexibility index (Phi) is 6.47. The number of rotatable bonds is 5. The molecule has 0 bridgehead atoms. The Hall–Kier alpha value is -3.59. The van der Waals surface area contributed by atoms with Crippen LogP contribution in [0.4, 0.5) is 23.2 Å². The molecule has 2 unspecified atom stereocenters. The Morgan fingerprint density at radius 1 is 1.09 bits per heavy atom. The van der Waals surface area contributed by atoms with Crippen LogP contribution in [-0.4, -0.2) is 28.2 Å². The summed E-state index contributed by atoms with van der Waals surface area (Å²) in [6.07, 6.45) is 2.11. The molecule has 1 N–H and O–H groups in total. The lowest BCUT2D eigenvalue weighted by molar-refractivity contribution is -0.141. The first-order valence-electron chi connectivity index (χ1n) is 10.1. The Bertz CT molecular complexity index is 1270. The van der Waals surface area contributed by atoms with E-state index in [0.717, 1.165) is 12.1 Å². The molecule has 1 aliphatic rings. The molecule has 3 aromatic rings. The number of ether oxygens (including phenoxy) is 1. The van der Waals surface area contributed by atoms with E-state index in [-0.39, 0.29) is 22.7 Å². The van der Waals surface area contributed by atoms with E-state index >= 15 is 0 Å². The molecule has 2 atom stereocenters. The highest BCUT2D eigenvalue weighted by molar-refractivity contribution is 6.22. The Morgan fingerprint density at radius 2 is 1.79 bits per heavy atom. The van der Waals surface area contributed by atoms with Gasteiger partial charge in [-0.1, -0.05) is 36.4 Å². The highest BCUT2D eigenvalue weighted by Crippen LogP contribution is 2.35. The van der Waals surface area contributed by atoms with Gasteiger partial charge in [0, 0.05) is 17.3 Å². The molecule has 0 saturated carbocycles. The lowest BCUT2D eigenvalue weighted by Gasteiger charge is -2.21. The van der Waals surface area contributed by atoms with Crippen molar-refractivity contribution in [3.05, 3.63) is 89.9 Å². The highest BCUT2D eigenvalue weighted by atomic mass is 35.5. The summed E-state index contributed by atoms with van der Waals surface area (Å²) >= 11 is 6.31. The standard InChI is InChI=1S/C24H18ClF4N3O2/c1-34-21-11-10-16(12-18(21)26)30-23(33)15-8-6-14(7-9-15)20-13-22(24(27,28)29)31-32(20)19-5-3-2-4-17(19)25/h2-13,17,19H,1H3,(H,30,33). The van der Waals surface area contributed by atoms with Crippen molar-refractivity contribution in [2.45, 2.75) is 17.6 Å². The van der Waals surface area contributed by atoms with Crippen LogP contribution >= 0.6 is 11.6 Å². The fourth-order valence-corrected chi connectivity index (χ4v) is 3.78. The molecular formula is C24H18ClF4N3O2. The van der Waals surface area contributed by atoms with Gasteiger partial charge in [-0.2, -0.15) is 18.3 Å². The summed E-state index contributed by atoms with van der Waals surface area (Å²) in [6, 6.07) is 10.3. The van der Waals surface area contributed by atoms with Crippen LogP contribution < -0.4 is 10.1 Å². The normalized spacial score (nSPS) is 17.6. The number of carbonyl (C=O) groups is 1. The van der Waals surface area contributed by atoms with E-state index in [1.165, 1.54) is 48.2 Å². The van der Waals surface area contributed by atoms with Gasteiger partial charge in [0.1, 0.15) is 0 Å². The van der Waals surface area contributed by atoms with E-state index in [9.17, 15) is 22.4 Å². The van der Waals surface area contributed by atoms with Crippen LogP contribution in [0.5, 0.6) is 5.75 Å². The molecule has 34 heavy (non-hydrogen) atoms. The van der Waals surface area contributed by atoms with Crippen molar-refractivity contribution in [1.29, 1.82) is 0 Å². The first kappa shape index (κ1) is 23.6. The molecule has 1 aromatic heterocycles. The SMILES string of the molecule is COc1ccc(NC(=O)c2ccc(-c3cc(C(F)(F)F)nn3C3C=CC=CC3Cl)cc2)cc1F. The molecule has 10 heteroatoms. The van der Waals surface area contributed by atoms with E-state index < -0.39 is 35.0 Å². The molecule has 0 aliphatic heterocycles. The van der Waals surface area contributed by atoms with Crippen molar-refractivity contribution >= 4 is 23.2 Å². The quantitative estimate of drug-likeness (QED) is 0.339. The van der Waals surface area contributed by atoms with E-state index in [2.05, 4.69) is 10.4 Å². The summed E-state index contributed by atoms with van der Waals surface area (Å²) in [4.78, 5) is 12.6. The maximum absolute atomic E-state index is 13.9. The van der Waals surface area contributed by atoms with Gasteiger partial charge in [0.05, 0.1) is 24.2 Å². The number of aromatic nitrogens is 2. The first-order chi connectivity index (χ1) is 16.2. The Balaban J connectivity index is 1.61. The van der Waals surface area contributed by atoms with Crippen LogP contribution in [0.25, 0.3) is 11.3 Å². The van der Waals surface area contributed by atoms with Gasteiger partial charge in [0.2, 0.25) is 0 Å². The molecule has 0 spiro atoms. The average Bonchev–Trinajstić information content (AvgIpc) is 3.25. The maximum atomic E-state index is 13.9. The highest BCUT2D eigenvalue weighted by Gasteiger charge is 2.36. The number of hydrogen-bond acceptors (Lipinski definition) is 3. The minimum atomic E-state index is -4.64. The minimum Gasteiger partial charge on any atom is -0.494 e. The number of amides is 1. The zero-order chi connectivity index (χ0) is 24.5. The molecule has 0 saturated heterocycles. The van der Waals surface area contributed by atoms with Gasteiger partial charge in [-0.3, -0.25) is 9.48 Å².